The van der Waals surface area contributed by atoms with E-state index in [1.807, 2.05) is 6.92 Å². The van der Waals surface area contributed by atoms with Crippen LogP contribution < -0.4 is 5.73 Å². The second kappa shape index (κ2) is 4.09. The molecule has 1 fully saturated rings. The van der Waals surface area contributed by atoms with Crippen LogP contribution in [0.5, 0.6) is 0 Å². The molecule has 1 aliphatic rings. The van der Waals surface area contributed by atoms with Crippen LogP contribution in [0.4, 0.5) is 0 Å². The van der Waals surface area contributed by atoms with Crippen molar-refractivity contribution in [2.24, 2.45) is 11.7 Å². The number of rotatable bonds is 4. The highest BCUT2D eigenvalue weighted by Gasteiger charge is 2.20. The van der Waals surface area contributed by atoms with Crippen molar-refractivity contribution in [3.05, 3.63) is 11.7 Å². The third-order valence-electron chi connectivity index (χ3n) is 2.70. The van der Waals surface area contributed by atoms with E-state index in [0.717, 1.165) is 24.1 Å². The van der Waals surface area contributed by atoms with Gasteiger partial charge < -0.3 is 10.3 Å². The first-order valence-corrected chi connectivity index (χ1v) is 5.31. The van der Waals surface area contributed by atoms with E-state index in [4.69, 9.17) is 10.3 Å². The molecule has 1 unspecified atom stereocenters. The molecule has 1 saturated carbocycles. The van der Waals surface area contributed by atoms with Gasteiger partial charge in [0.25, 0.3) is 0 Å². The Balaban J connectivity index is 1.88. The van der Waals surface area contributed by atoms with Gasteiger partial charge in [-0.2, -0.15) is 4.98 Å². The van der Waals surface area contributed by atoms with Gasteiger partial charge in [-0.15, -0.1) is 0 Å². The summed E-state index contributed by atoms with van der Waals surface area (Å²) in [6, 6.07) is 0.101. The minimum absolute atomic E-state index is 0.101. The minimum atomic E-state index is 0.101. The summed E-state index contributed by atoms with van der Waals surface area (Å²) in [5.74, 6) is 2.30. The van der Waals surface area contributed by atoms with Crippen LogP contribution in [0.2, 0.25) is 0 Å². The third kappa shape index (κ3) is 2.32. The van der Waals surface area contributed by atoms with Gasteiger partial charge in [0, 0.05) is 18.9 Å². The van der Waals surface area contributed by atoms with Crippen LogP contribution in [-0.4, -0.2) is 16.2 Å². The Hall–Kier alpha value is -0.900. The van der Waals surface area contributed by atoms with Gasteiger partial charge in [-0.25, -0.2) is 0 Å². The fourth-order valence-corrected chi connectivity index (χ4v) is 1.69. The quantitative estimate of drug-likeness (QED) is 0.786. The van der Waals surface area contributed by atoms with Crippen LogP contribution in [0.1, 0.15) is 37.9 Å². The molecular weight excluding hydrogens is 178 g/mol. The highest BCUT2D eigenvalue weighted by molar-refractivity contribution is 4.91. The second-order valence-corrected chi connectivity index (χ2v) is 4.29. The summed E-state index contributed by atoms with van der Waals surface area (Å²) in [5.41, 5.74) is 5.65. The molecule has 0 bridgehead atoms. The maximum Gasteiger partial charge on any atom is 0.226 e. The van der Waals surface area contributed by atoms with E-state index < -0.39 is 0 Å². The average molecular weight is 195 g/mol. The Labute approximate surface area is 83.9 Å². The van der Waals surface area contributed by atoms with Crippen LogP contribution in [-0.2, 0) is 12.8 Å². The first kappa shape index (κ1) is 9.65. The van der Waals surface area contributed by atoms with Crippen molar-refractivity contribution >= 4 is 0 Å². The van der Waals surface area contributed by atoms with Crippen molar-refractivity contribution in [2.75, 3.05) is 0 Å². The lowest BCUT2D eigenvalue weighted by Crippen LogP contribution is -2.18. The summed E-state index contributed by atoms with van der Waals surface area (Å²) >= 11 is 0. The molecule has 4 nitrogen and oxygen atoms in total. The predicted octanol–water partition coefficient (Wildman–Crippen LogP) is 1.30. The smallest absolute Gasteiger partial charge is 0.226 e. The molecule has 0 aromatic carbocycles. The maximum atomic E-state index is 5.65. The zero-order valence-corrected chi connectivity index (χ0v) is 8.57. The average Bonchev–Trinajstić information content (AvgIpc) is 2.44. The zero-order valence-electron chi connectivity index (χ0n) is 8.57. The minimum Gasteiger partial charge on any atom is -0.339 e. The molecule has 2 N–H and O–H groups in total. The molecule has 0 spiro atoms. The lowest BCUT2D eigenvalue weighted by atomic mass is 9.83. The normalized spacial score (nSPS) is 19.3. The number of hydrogen-bond acceptors (Lipinski definition) is 4. The monoisotopic (exact) mass is 195 g/mol. The number of hydrogen-bond donors (Lipinski definition) is 1. The molecule has 0 aliphatic heterocycles. The highest BCUT2D eigenvalue weighted by atomic mass is 16.5. The van der Waals surface area contributed by atoms with Crippen LogP contribution in [0.15, 0.2) is 4.52 Å². The van der Waals surface area contributed by atoms with Gasteiger partial charge in [0.1, 0.15) is 0 Å². The Morgan fingerprint density at radius 1 is 1.57 bits per heavy atom. The molecular formula is C10H17N3O. The standard InChI is InChI=1S/C10H17N3O/c1-7(11)5-9-12-10(14-13-9)6-8-3-2-4-8/h7-8H,2-6,11H2,1H3. The van der Waals surface area contributed by atoms with Crippen LogP contribution >= 0.6 is 0 Å². The molecule has 0 radical (unpaired) electrons. The topological polar surface area (TPSA) is 64.9 Å². The van der Waals surface area contributed by atoms with E-state index in [0.29, 0.717) is 6.42 Å². The Kier molecular flexibility index (Phi) is 2.82. The van der Waals surface area contributed by atoms with E-state index in [9.17, 15) is 0 Å². The third-order valence-corrected chi connectivity index (χ3v) is 2.70. The van der Waals surface area contributed by atoms with Gasteiger partial charge in [-0.1, -0.05) is 11.6 Å². The first-order chi connectivity index (χ1) is 6.74. The number of nitrogens with two attached hydrogens (primary N) is 1. The van der Waals surface area contributed by atoms with Gasteiger partial charge in [0.05, 0.1) is 0 Å². The molecule has 1 aromatic heterocycles. The van der Waals surface area contributed by atoms with E-state index >= 15 is 0 Å². The fraction of sp³-hybridized carbons (Fsp3) is 0.800. The molecule has 1 aliphatic carbocycles. The Bertz CT molecular complexity index is 291. The molecule has 1 atom stereocenters. The van der Waals surface area contributed by atoms with Crippen molar-refractivity contribution in [1.29, 1.82) is 0 Å². The van der Waals surface area contributed by atoms with Gasteiger partial charge in [-0.3, -0.25) is 0 Å². The summed E-state index contributed by atoms with van der Waals surface area (Å²) in [5, 5.41) is 3.90. The molecule has 1 aromatic rings. The summed E-state index contributed by atoms with van der Waals surface area (Å²) < 4.78 is 5.16. The molecule has 4 heteroatoms. The largest absolute Gasteiger partial charge is 0.339 e. The number of aromatic nitrogens is 2. The summed E-state index contributed by atoms with van der Waals surface area (Å²) in [6.45, 7) is 1.95. The van der Waals surface area contributed by atoms with Crippen molar-refractivity contribution in [1.82, 2.24) is 10.1 Å². The van der Waals surface area contributed by atoms with Gasteiger partial charge >= 0.3 is 0 Å². The van der Waals surface area contributed by atoms with Crippen molar-refractivity contribution in [2.45, 2.75) is 45.1 Å². The van der Waals surface area contributed by atoms with Gasteiger partial charge in [0.2, 0.25) is 5.89 Å². The Morgan fingerprint density at radius 3 is 2.93 bits per heavy atom. The SMILES string of the molecule is CC(N)Cc1noc(CC2CCC2)n1. The Morgan fingerprint density at radius 2 is 2.36 bits per heavy atom. The van der Waals surface area contributed by atoms with E-state index in [-0.39, 0.29) is 6.04 Å². The molecule has 0 amide bonds. The number of nitrogens with zero attached hydrogens (tertiary/aromatic N) is 2. The lowest BCUT2D eigenvalue weighted by molar-refractivity contribution is 0.273. The predicted molar refractivity (Wildman–Crippen MR) is 52.7 cm³/mol. The van der Waals surface area contributed by atoms with Crippen LogP contribution in [0.25, 0.3) is 0 Å². The van der Waals surface area contributed by atoms with Crippen molar-refractivity contribution in [3.63, 3.8) is 0 Å². The van der Waals surface area contributed by atoms with E-state index in [1.165, 1.54) is 19.3 Å². The van der Waals surface area contributed by atoms with Gasteiger partial charge in [-0.05, 0) is 25.7 Å². The molecule has 2 rings (SSSR count). The molecule has 0 saturated heterocycles. The molecule has 78 valence electrons. The summed E-state index contributed by atoms with van der Waals surface area (Å²) in [7, 11) is 0. The van der Waals surface area contributed by atoms with Crippen LogP contribution in [0, 0.1) is 5.92 Å². The lowest BCUT2D eigenvalue weighted by Gasteiger charge is -2.23. The van der Waals surface area contributed by atoms with E-state index in [1.54, 1.807) is 0 Å². The summed E-state index contributed by atoms with van der Waals surface area (Å²) in [4.78, 5) is 4.31. The van der Waals surface area contributed by atoms with E-state index in [2.05, 4.69) is 10.1 Å². The van der Waals surface area contributed by atoms with Gasteiger partial charge in [0.15, 0.2) is 5.82 Å². The molecule has 1 heterocycles. The second-order valence-electron chi connectivity index (χ2n) is 4.29. The van der Waals surface area contributed by atoms with Crippen molar-refractivity contribution in [3.8, 4) is 0 Å². The zero-order chi connectivity index (χ0) is 9.97. The van der Waals surface area contributed by atoms with Crippen molar-refractivity contribution < 1.29 is 4.52 Å². The summed E-state index contributed by atoms with van der Waals surface area (Å²) in [6.07, 6.45) is 5.63. The molecule has 14 heavy (non-hydrogen) atoms. The first-order valence-electron chi connectivity index (χ1n) is 5.31. The highest BCUT2D eigenvalue weighted by Crippen LogP contribution is 2.29. The fourth-order valence-electron chi connectivity index (χ4n) is 1.69. The maximum absolute atomic E-state index is 5.65. The van der Waals surface area contributed by atoms with Crippen LogP contribution in [0.3, 0.4) is 0 Å².